The van der Waals surface area contributed by atoms with Crippen LogP contribution in [-0.4, -0.2) is 22.9 Å². The highest BCUT2D eigenvalue weighted by atomic mass is 16.5. The molecule has 0 atom stereocenters. The van der Waals surface area contributed by atoms with Gasteiger partial charge in [0.2, 0.25) is 5.78 Å². The number of furan rings is 1. The van der Waals surface area contributed by atoms with Crippen LogP contribution < -0.4 is 0 Å². The van der Waals surface area contributed by atoms with Gasteiger partial charge in [-0.15, -0.1) is 0 Å². The summed E-state index contributed by atoms with van der Waals surface area (Å²) in [5, 5.41) is 0. The highest BCUT2D eigenvalue weighted by Gasteiger charge is 2.13. The lowest BCUT2D eigenvalue weighted by molar-refractivity contribution is 0.0999. The van der Waals surface area contributed by atoms with Crippen molar-refractivity contribution in [3.05, 3.63) is 47.9 Å². The van der Waals surface area contributed by atoms with Gasteiger partial charge in [0.1, 0.15) is 18.7 Å². The lowest BCUT2D eigenvalue weighted by Gasteiger charge is -1.96. The molecule has 0 aromatic carbocycles. The standard InChI is InChI=1S/C11H10N2O3/c1-15-6-9-2-3-10(16-9)11(14)8-4-12-7-13-5-8/h2-5,7H,6H2,1H3. The van der Waals surface area contributed by atoms with Crippen molar-refractivity contribution in [3.8, 4) is 0 Å². The summed E-state index contributed by atoms with van der Waals surface area (Å²) in [6.07, 6.45) is 4.27. The van der Waals surface area contributed by atoms with E-state index in [4.69, 9.17) is 9.15 Å². The van der Waals surface area contributed by atoms with Gasteiger partial charge in [-0.3, -0.25) is 4.79 Å². The third-order valence-electron chi connectivity index (χ3n) is 1.99. The molecule has 5 heteroatoms. The van der Waals surface area contributed by atoms with Gasteiger partial charge in [0, 0.05) is 19.5 Å². The van der Waals surface area contributed by atoms with E-state index in [0.717, 1.165) is 0 Å². The average Bonchev–Trinajstić information content (AvgIpc) is 2.78. The van der Waals surface area contributed by atoms with E-state index in [0.29, 0.717) is 17.9 Å². The molecule has 0 aliphatic rings. The van der Waals surface area contributed by atoms with Gasteiger partial charge in [0.25, 0.3) is 0 Å². The van der Waals surface area contributed by atoms with E-state index in [9.17, 15) is 4.79 Å². The lowest BCUT2D eigenvalue weighted by Crippen LogP contribution is -2.00. The minimum Gasteiger partial charge on any atom is -0.455 e. The summed E-state index contributed by atoms with van der Waals surface area (Å²) in [4.78, 5) is 19.4. The largest absolute Gasteiger partial charge is 0.455 e. The number of ether oxygens (including phenoxy) is 1. The minimum absolute atomic E-state index is 0.233. The third-order valence-corrected chi connectivity index (χ3v) is 1.99. The Labute approximate surface area is 92.1 Å². The molecular formula is C11H10N2O3. The Kier molecular flexibility index (Phi) is 3.07. The number of ketones is 1. The molecule has 0 spiro atoms. The summed E-state index contributed by atoms with van der Waals surface area (Å²) >= 11 is 0. The molecule has 2 aromatic rings. The van der Waals surface area contributed by atoms with Gasteiger partial charge in [0.15, 0.2) is 5.76 Å². The molecule has 16 heavy (non-hydrogen) atoms. The molecule has 0 saturated heterocycles. The second-order valence-electron chi connectivity index (χ2n) is 3.16. The van der Waals surface area contributed by atoms with Crippen LogP contribution in [0.15, 0.2) is 35.3 Å². The summed E-state index contributed by atoms with van der Waals surface area (Å²) in [6.45, 7) is 0.346. The normalized spacial score (nSPS) is 10.3. The second-order valence-corrected chi connectivity index (χ2v) is 3.16. The zero-order valence-corrected chi connectivity index (χ0v) is 8.71. The van der Waals surface area contributed by atoms with Crippen molar-refractivity contribution in [2.45, 2.75) is 6.61 Å². The van der Waals surface area contributed by atoms with Crippen LogP contribution in [0.4, 0.5) is 0 Å². The molecule has 0 amide bonds. The number of aromatic nitrogens is 2. The van der Waals surface area contributed by atoms with Gasteiger partial charge in [-0.2, -0.15) is 0 Å². The summed E-state index contributed by atoms with van der Waals surface area (Å²) in [5.74, 6) is 0.646. The molecule has 2 rings (SSSR count). The molecule has 0 aliphatic carbocycles. The molecule has 0 radical (unpaired) electrons. The highest BCUT2D eigenvalue weighted by Crippen LogP contribution is 2.12. The summed E-state index contributed by atoms with van der Waals surface area (Å²) in [5.41, 5.74) is 0.404. The summed E-state index contributed by atoms with van der Waals surface area (Å²) < 4.78 is 10.2. The number of carbonyl (C=O) groups is 1. The van der Waals surface area contributed by atoms with Crippen LogP contribution in [0.1, 0.15) is 21.9 Å². The lowest BCUT2D eigenvalue weighted by atomic mass is 10.2. The van der Waals surface area contributed by atoms with Gasteiger partial charge in [-0.1, -0.05) is 0 Å². The minimum atomic E-state index is -0.233. The fourth-order valence-corrected chi connectivity index (χ4v) is 1.28. The monoisotopic (exact) mass is 218 g/mol. The fraction of sp³-hybridized carbons (Fsp3) is 0.182. The topological polar surface area (TPSA) is 65.2 Å². The number of carbonyl (C=O) groups excluding carboxylic acids is 1. The van der Waals surface area contributed by atoms with Crippen molar-refractivity contribution in [1.82, 2.24) is 9.97 Å². The Morgan fingerprint density at radius 3 is 2.81 bits per heavy atom. The number of nitrogens with zero attached hydrogens (tertiary/aromatic N) is 2. The van der Waals surface area contributed by atoms with Crippen molar-refractivity contribution in [1.29, 1.82) is 0 Å². The molecule has 82 valence electrons. The van der Waals surface area contributed by atoms with Gasteiger partial charge in [0.05, 0.1) is 5.56 Å². The van der Waals surface area contributed by atoms with E-state index < -0.39 is 0 Å². The van der Waals surface area contributed by atoms with Crippen molar-refractivity contribution < 1.29 is 13.9 Å². The maximum absolute atomic E-state index is 11.8. The van der Waals surface area contributed by atoms with E-state index in [2.05, 4.69) is 9.97 Å². The molecule has 5 nitrogen and oxygen atoms in total. The Bertz CT molecular complexity index is 479. The zero-order valence-electron chi connectivity index (χ0n) is 8.71. The van der Waals surface area contributed by atoms with Crippen molar-refractivity contribution in [2.24, 2.45) is 0 Å². The maximum atomic E-state index is 11.8. The van der Waals surface area contributed by atoms with Crippen LogP contribution >= 0.6 is 0 Å². The van der Waals surface area contributed by atoms with E-state index >= 15 is 0 Å². The van der Waals surface area contributed by atoms with Crippen LogP contribution in [0, 0.1) is 0 Å². The van der Waals surface area contributed by atoms with Crippen LogP contribution in [0.25, 0.3) is 0 Å². The maximum Gasteiger partial charge on any atom is 0.231 e. The molecule has 0 aliphatic heterocycles. The molecule has 0 bridgehead atoms. The smallest absolute Gasteiger partial charge is 0.231 e. The zero-order chi connectivity index (χ0) is 11.4. The predicted molar refractivity (Wildman–Crippen MR) is 54.9 cm³/mol. The number of rotatable bonds is 4. The van der Waals surface area contributed by atoms with Crippen LogP contribution in [0.3, 0.4) is 0 Å². The first kappa shape index (κ1) is 10.5. The summed E-state index contributed by atoms with van der Waals surface area (Å²) in [6, 6.07) is 3.32. The average molecular weight is 218 g/mol. The Morgan fingerprint density at radius 1 is 1.38 bits per heavy atom. The van der Waals surface area contributed by atoms with Gasteiger partial charge in [-0.05, 0) is 12.1 Å². The Hall–Kier alpha value is -2.01. The highest BCUT2D eigenvalue weighted by molar-refractivity contribution is 6.06. The summed E-state index contributed by atoms with van der Waals surface area (Å²) in [7, 11) is 1.56. The van der Waals surface area contributed by atoms with E-state index in [1.54, 1.807) is 19.2 Å². The first-order valence-electron chi connectivity index (χ1n) is 4.68. The first-order chi connectivity index (χ1) is 7.81. The number of hydrogen-bond acceptors (Lipinski definition) is 5. The molecule has 0 fully saturated rings. The molecular weight excluding hydrogens is 208 g/mol. The predicted octanol–water partition coefficient (Wildman–Crippen LogP) is 1.45. The van der Waals surface area contributed by atoms with Crippen molar-refractivity contribution >= 4 is 5.78 Å². The van der Waals surface area contributed by atoms with Crippen LogP contribution in [0.2, 0.25) is 0 Å². The number of methoxy groups -OCH3 is 1. The molecule has 0 saturated carbocycles. The fourth-order valence-electron chi connectivity index (χ4n) is 1.28. The Balaban J connectivity index is 2.21. The molecule has 2 heterocycles. The molecule has 2 aromatic heterocycles. The van der Waals surface area contributed by atoms with Gasteiger partial charge < -0.3 is 9.15 Å². The quantitative estimate of drug-likeness (QED) is 0.726. The van der Waals surface area contributed by atoms with E-state index in [1.807, 2.05) is 0 Å². The first-order valence-corrected chi connectivity index (χ1v) is 4.68. The van der Waals surface area contributed by atoms with Crippen molar-refractivity contribution in [2.75, 3.05) is 7.11 Å². The molecule has 0 N–H and O–H groups in total. The van der Waals surface area contributed by atoms with Crippen LogP contribution in [-0.2, 0) is 11.3 Å². The third kappa shape index (κ3) is 2.14. The van der Waals surface area contributed by atoms with Crippen LogP contribution in [0.5, 0.6) is 0 Å². The SMILES string of the molecule is COCc1ccc(C(=O)c2cncnc2)o1. The van der Waals surface area contributed by atoms with Gasteiger partial charge in [-0.25, -0.2) is 9.97 Å². The van der Waals surface area contributed by atoms with Crippen molar-refractivity contribution in [3.63, 3.8) is 0 Å². The molecule has 0 unspecified atom stereocenters. The second kappa shape index (κ2) is 4.67. The van der Waals surface area contributed by atoms with E-state index in [-0.39, 0.29) is 11.5 Å². The number of hydrogen-bond donors (Lipinski definition) is 0. The van der Waals surface area contributed by atoms with E-state index in [1.165, 1.54) is 18.7 Å². The van der Waals surface area contributed by atoms with Gasteiger partial charge >= 0.3 is 0 Å². The Morgan fingerprint density at radius 2 is 2.12 bits per heavy atom.